The van der Waals surface area contributed by atoms with Gasteiger partial charge < -0.3 is 0 Å². The topological polar surface area (TPSA) is 65.1 Å². The Hall–Kier alpha value is -4.36. The molecule has 0 aliphatic carbocycles. The summed E-state index contributed by atoms with van der Waals surface area (Å²) in [4.78, 5) is 17.4. The second-order valence-electron chi connectivity index (χ2n) is 7.83. The molecule has 6 rings (SSSR count). The first-order valence-corrected chi connectivity index (χ1v) is 11.8. The van der Waals surface area contributed by atoms with Crippen molar-refractivity contribution in [1.29, 1.82) is 0 Å². The second kappa shape index (κ2) is 8.53. The summed E-state index contributed by atoms with van der Waals surface area (Å²) in [6.45, 7) is 0.310. The molecule has 0 saturated heterocycles. The molecular weight excluding hydrogens is 442 g/mol. The van der Waals surface area contributed by atoms with Gasteiger partial charge in [0.15, 0.2) is 0 Å². The highest BCUT2D eigenvalue weighted by Crippen LogP contribution is 2.33. The fraction of sp³-hybridized carbons (Fsp3) is 0.0370. The van der Waals surface area contributed by atoms with Crippen molar-refractivity contribution in [2.45, 2.75) is 6.54 Å². The molecular formula is C27H19N5OS. The Labute approximate surface area is 199 Å². The van der Waals surface area contributed by atoms with Gasteiger partial charge in [0.25, 0.3) is 5.56 Å². The molecule has 4 aromatic heterocycles. The predicted molar refractivity (Wildman–Crippen MR) is 135 cm³/mol. The van der Waals surface area contributed by atoms with Crippen molar-refractivity contribution in [1.82, 2.24) is 24.4 Å². The minimum absolute atomic E-state index is 0.169. The first kappa shape index (κ1) is 20.3. The van der Waals surface area contributed by atoms with Gasteiger partial charge in [0.05, 0.1) is 29.0 Å². The third kappa shape index (κ3) is 3.72. The van der Waals surface area contributed by atoms with Crippen LogP contribution in [0.25, 0.3) is 39.3 Å². The van der Waals surface area contributed by atoms with Crippen LogP contribution in [0.4, 0.5) is 0 Å². The smallest absolute Gasteiger partial charge is 0.267 e. The van der Waals surface area contributed by atoms with Gasteiger partial charge in [-0.2, -0.15) is 10.2 Å². The van der Waals surface area contributed by atoms with E-state index in [-0.39, 0.29) is 5.56 Å². The van der Waals surface area contributed by atoms with Crippen molar-refractivity contribution < 1.29 is 0 Å². The maximum absolute atomic E-state index is 12.7. The van der Waals surface area contributed by atoms with Gasteiger partial charge in [-0.15, -0.1) is 11.3 Å². The number of rotatable bonds is 5. The first-order valence-electron chi connectivity index (χ1n) is 10.9. The number of aromatic nitrogens is 5. The Morgan fingerprint density at radius 2 is 1.47 bits per heavy atom. The number of pyridine rings is 1. The second-order valence-corrected chi connectivity index (χ2v) is 8.77. The SMILES string of the molecule is O=c1ccc(-c2c(-c3ccccc3)nn3ccccc23)nn1Cc1nc(-c2ccccc2)cs1. The zero-order valence-electron chi connectivity index (χ0n) is 18.1. The standard InChI is InChI=1S/C27H19N5OS/c33-25-15-14-21(29-32(25)17-24-28-22(18-34-24)19-9-3-1-4-10-19)26-23-13-7-8-16-31(23)30-27(26)20-11-5-2-6-12-20/h1-16,18H,17H2. The summed E-state index contributed by atoms with van der Waals surface area (Å²) >= 11 is 1.53. The average Bonchev–Trinajstić information content (AvgIpc) is 3.51. The van der Waals surface area contributed by atoms with Crippen LogP contribution in [0.15, 0.2) is 107 Å². The molecule has 4 heterocycles. The summed E-state index contributed by atoms with van der Waals surface area (Å²) in [7, 11) is 0. The summed E-state index contributed by atoms with van der Waals surface area (Å²) in [5.41, 5.74) is 6.12. The highest BCUT2D eigenvalue weighted by Gasteiger charge is 2.18. The zero-order chi connectivity index (χ0) is 22.9. The van der Waals surface area contributed by atoms with Crippen LogP contribution in [0.5, 0.6) is 0 Å². The maximum Gasteiger partial charge on any atom is 0.267 e. The number of benzene rings is 2. The van der Waals surface area contributed by atoms with Gasteiger partial charge in [-0.1, -0.05) is 66.7 Å². The van der Waals surface area contributed by atoms with Gasteiger partial charge in [-0.05, 0) is 18.2 Å². The van der Waals surface area contributed by atoms with Gasteiger partial charge in [0.2, 0.25) is 0 Å². The van der Waals surface area contributed by atoms with Crippen LogP contribution in [0.3, 0.4) is 0 Å². The number of nitrogens with zero attached hydrogens (tertiary/aromatic N) is 5. The fourth-order valence-electron chi connectivity index (χ4n) is 4.00. The Bertz CT molecular complexity index is 1650. The van der Waals surface area contributed by atoms with Crippen LogP contribution in [0.1, 0.15) is 5.01 Å². The van der Waals surface area contributed by atoms with Crippen LogP contribution < -0.4 is 5.56 Å². The lowest BCUT2D eigenvalue weighted by Crippen LogP contribution is -2.22. The van der Waals surface area contributed by atoms with E-state index < -0.39 is 0 Å². The molecule has 0 spiro atoms. The number of hydrogen-bond acceptors (Lipinski definition) is 5. The van der Waals surface area contributed by atoms with E-state index in [1.807, 2.05) is 95.0 Å². The normalized spacial score (nSPS) is 11.2. The molecule has 164 valence electrons. The molecule has 6 nitrogen and oxygen atoms in total. The van der Waals surface area contributed by atoms with Crippen molar-refractivity contribution >= 4 is 16.9 Å². The number of hydrogen-bond donors (Lipinski definition) is 0. The van der Waals surface area contributed by atoms with Crippen LogP contribution in [-0.2, 0) is 6.54 Å². The Morgan fingerprint density at radius 1 is 0.735 bits per heavy atom. The van der Waals surface area contributed by atoms with E-state index in [0.717, 1.165) is 38.6 Å². The molecule has 7 heteroatoms. The average molecular weight is 462 g/mol. The summed E-state index contributed by atoms with van der Waals surface area (Å²) in [5, 5.41) is 12.4. The van der Waals surface area contributed by atoms with E-state index in [1.54, 1.807) is 12.1 Å². The lowest BCUT2D eigenvalue weighted by Gasteiger charge is -2.07. The van der Waals surface area contributed by atoms with E-state index in [9.17, 15) is 4.79 Å². The van der Waals surface area contributed by atoms with Crippen molar-refractivity contribution in [2.24, 2.45) is 0 Å². The zero-order valence-corrected chi connectivity index (χ0v) is 18.9. The maximum atomic E-state index is 12.7. The predicted octanol–water partition coefficient (Wildman–Crippen LogP) is 5.40. The molecule has 0 N–H and O–H groups in total. The largest absolute Gasteiger partial charge is 0.268 e. The molecule has 0 fully saturated rings. The summed E-state index contributed by atoms with van der Waals surface area (Å²) in [6.07, 6.45) is 1.92. The first-order chi connectivity index (χ1) is 16.8. The van der Waals surface area contributed by atoms with E-state index >= 15 is 0 Å². The molecule has 0 bridgehead atoms. The number of fused-ring (bicyclic) bond motifs is 1. The highest BCUT2D eigenvalue weighted by molar-refractivity contribution is 7.09. The van der Waals surface area contributed by atoms with E-state index in [4.69, 9.17) is 15.2 Å². The van der Waals surface area contributed by atoms with E-state index in [0.29, 0.717) is 12.2 Å². The number of thiazole rings is 1. The minimum Gasteiger partial charge on any atom is -0.268 e. The van der Waals surface area contributed by atoms with Crippen LogP contribution in [0, 0.1) is 0 Å². The molecule has 0 saturated carbocycles. The Balaban J connectivity index is 1.43. The minimum atomic E-state index is -0.169. The third-order valence-corrected chi connectivity index (χ3v) is 6.45. The van der Waals surface area contributed by atoms with Gasteiger partial charge in [0.1, 0.15) is 10.7 Å². The summed E-state index contributed by atoms with van der Waals surface area (Å²) in [6, 6.07) is 29.3. The fourth-order valence-corrected chi connectivity index (χ4v) is 4.78. The van der Waals surface area contributed by atoms with Crippen LogP contribution in [-0.4, -0.2) is 24.4 Å². The Kier molecular flexibility index (Phi) is 5.08. The van der Waals surface area contributed by atoms with E-state index in [1.165, 1.54) is 16.0 Å². The van der Waals surface area contributed by atoms with Gasteiger partial charge in [-0.25, -0.2) is 14.2 Å². The molecule has 2 aromatic carbocycles. The van der Waals surface area contributed by atoms with Gasteiger partial charge in [-0.3, -0.25) is 4.79 Å². The molecule has 0 radical (unpaired) electrons. The van der Waals surface area contributed by atoms with Crippen LogP contribution >= 0.6 is 11.3 Å². The lowest BCUT2D eigenvalue weighted by molar-refractivity contribution is 0.640. The molecule has 0 aliphatic heterocycles. The summed E-state index contributed by atoms with van der Waals surface area (Å²) in [5.74, 6) is 0. The van der Waals surface area contributed by atoms with E-state index in [2.05, 4.69) is 0 Å². The Morgan fingerprint density at radius 3 is 2.26 bits per heavy atom. The lowest BCUT2D eigenvalue weighted by atomic mass is 10.0. The van der Waals surface area contributed by atoms with Crippen molar-refractivity contribution in [3.05, 3.63) is 118 Å². The quantitative estimate of drug-likeness (QED) is 0.345. The van der Waals surface area contributed by atoms with Crippen LogP contribution in [0.2, 0.25) is 0 Å². The molecule has 0 unspecified atom stereocenters. The molecule has 0 atom stereocenters. The third-order valence-electron chi connectivity index (χ3n) is 5.62. The van der Waals surface area contributed by atoms with Gasteiger partial charge >= 0.3 is 0 Å². The van der Waals surface area contributed by atoms with Crippen molar-refractivity contribution in [3.63, 3.8) is 0 Å². The monoisotopic (exact) mass is 461 g/mol. The van der Waals surface area contributed by atoms with Crippen molar-refractivity contribution in [2.75, 3.05) is 0 Å². The molecule has 0 aliphatic rings. The molecule has 6 aromatic rings. The molecule has 34 heavy (non-hydrogen) atoms. The van der Waals surface area contributed by atoms with Crippen molar-refractivity contribution in [3.8, 4) is 33.8 Å². The highest BCUT2D eigenvalue weighted by atomic mass is 32.1. The van der Waals surface area contributed by atoms with Gasteiger partial charge in [0, 0.05) is 28.8 Å². The molecule has 0 amide bonds. The summed E-state index contributed by atoms with van der Waals surface area (Å²) < 4.78 is 3.33.